The second-order valence-corrected chi connectivity index (χ2v) is 7.94. The number of nitrogens with zero attached hydrogens (tertiary/aromatic N) is 1. The van der Waals surface area contributed by atoms with Crippen molar-refractivity contribution in [2.24, 2.45) is 5.92 Å². The third kappa shape index (κ3) is 3.79. The Morgan fingerprint density at radius 3 is 2.36 bits per heavy atom. The molecule has 0 saturated carbocycles. The zero-order valence-electron chi connectivity index (χ0n) is 13.4. The van der Waals surface area contributed by atoms with E-state index >= 15 is 0 Å². The lowest BCUT2D eigenvalue weighted by Crippen LogP contribution is -2.31. The Hall–Kier alpha value is -2.48. The number of rotatable bonds is 6. The number of carbonyl (C=O) groups excluding carboxylic acids is 3. The van der Waals surface area contributed by atoms with Crippen molar-refractivity contribution in [2.75, 3.05) is 18.9 Å². The van der Waals surface area contributed by atoms with Crippen LogP contribution in [0.3, 0.4) is 0 Å². The minimum absolute atomic E-state index is 0.00272. The maximum atomic E-state index is 12.2. The Labute approximate surface area is 145 Å². The van der Waals surface area contributed by atoms with Crippen molar-refractivity contribution in [2.45, 2.75) is 12.8 Å². The first-order chi connectivity index (χ1) is 11.9. The lowest BCUT2D eigenvalue weighted by atomic mass is 10.1. The number of imide groups is 1. The van der Waals surface area contributed by atoms with Crippen molar-refractivity contribution >= 4 is 27.6 Å². The highest BCUT2D eigenvalue weighted by atomic mass is 32.2. The van der Waals surface area contributed by atoms with Gasteiger partial charge in [-0.15, -0.1) is 0 Å². The normalized spacial score (nSPS) is 20.8. The molecule has 0 radical (unpaired) electrons. The van der Waals surface area contributed by atoms with Crippen LogP contribution in [0.4, 0.5) is 0 Å². The standard InChI is InChI=1S/C17H17NO6S/c19-15(10-12-6-9-25(22,23)11-12)24-8-3-7-18-16(20)13-4-1-2-5-14(13)17(18)21/h1-2,4-6,9,12H,3,7-8,10-11H2. The van der Waals surface area contributed by atoms with Crippen molar-refractivity contribution < 1.29 is 27.5 Å². The van der Waals surface area contributed by atoms with Gasteiger partial charge in [0.15, 0.2) is 9.84 Å². The Kier molecular flexibility index (Phi) is 4.71. The highest BCUT2D eigenvalue weighted by Crippen LogP contribution is 2.22. The maximum absolute atomic E-state index is 12.2. The lowest BCUT2D eigenvalue weighted by Gasteiger charge is -2.14. The van der Waals surface area contributed by atoms with E-state index in [1.807, 2.05) is 0 Å². The molecule has 7 nitrogen and oxygen atoms in total. The number of hydrogen-bond donors (Lipinski definition) is 0. The molecule has 2 aliphatic heterocycles. The van der Waals surface area contributed by atoms with Crippen molar-refractivity contribution in [1.82, 2.24) is 4.90 Å². The first kappa shape index (κ1) is 17.3. The summed E-state index contributed by atoms with van der Waals surface area (Å²) in [5.41, 5.74) is 0.775. The largest absolute Gasteiger partial charge is 0.466 e. The van der Waals surface area contributed by atoms with E-state index in [4.69, 9.17) is 4.74 Å². The summed E-state index contributed by atoms with van der Waals surface area (Å²) in [5.74, 6) is -1.60. The Morgan fingerprint density at radius 2 is 1.80 bits per heavy atom. The number of amides is 2. The predicted molar refractivity (Wildman–Crippen MR) is 88.4 cm³/mol. The van der Waals surface area contributed by atoms with E-state index in [1.54, 1.807) is 24.3 Å². The number of hydrogen-bond acceptors (Lipinski definition) is 6. The first-order valence-corrected chi connectivity index (χ1v) is 9.61. The first-order valence-electron chi connectivity index (χ1n) is 7.89. The summed E-state index contributed by atoms with van der Waals surface area (Å²) in [6.45, 7) is 0.229. The molecule has 8 heteroatoms. The van der Waals surface area contributed by atoms with Gasteiger partial charge in [-0.1, -0.05) is 18.2 Å². The molecule has 1 aromatic carbocycles. The smallest absolute Gasteiger partial charge is 0.306 e. The number of ether oxygens (including phenoxy) is 1. The molecule has 0 aliphatic carbocycles. The SMILES string of the molecule is O=C(CC1C=CS(=O)(=O)C1)OCCCN1C(=O)c2ccccc2C1=O. The Morgan fingerprint density at radius 1 is 1.16 bits per heavy atom. The van der Waals surface area contributed by atoms with Crippen LogP contribution in [0.15, 0.2) is 35.7 Å². The van der Waals surface area contributed by atoms with E-state index in [-0.39, 0.29) is 43.1 Å². The average Bonchev–Trinajstić information content (AvgIpc) is 3.03. The fraction of sp³-hybridized carbons (Fsp3) is 0.353. The number of benzene rings is 1. The van der Waals surface area contributed by atoms with Crippen LogP contribution in [-0.4, -0.2) is 50.0 Å². The molecule has 0 spiro atoms. The van der Waals surface area contributed by atoms with Crippen molar-refractivity contribution in [3.05, 3.63) is 46.9 Å². The predicted octanol–water partition coefficient (Wildman–Crippen LogP) is 1.16. The summed E-state index contributed by atoms with van der Waals surface area (Å²) in [6.07, 6.45) is 1.83. The summed E-state index contributed by atoms with van der Waals surface area (Å²) in [6, 6.07) is 6.62. The van der Waals surface area contributed by atoms with Crippen molar-refractivity contribution in [1.29, 1.82) is 0 Å². The molecule has 0 fully saturated rings. The highest BCUT2D eigenvalue weighted by Gasteiger charge is 2.34. The number of allylic oxidation sites excluding steroid dienone is 1. The molecule has 25 heavy (non-hydrogen) atoms. The minimum Gasteiger partial charge on any atom is -0.466 e. The van der Waals surface area contributed by atoms with Gasteiger partial charge in [0.1, 0.15) is 0 Å². The summed E-state index contributed by atoms with van der Waals surface area (Å²) >= 11 is 0. The van der Waals surface area contributed by atoms with Gasteiger partial charge < -0.3 is 4.74 Å². The molecule has 0 bridgehead atoms. The molecular weight excluding hydrogens is 346 g/mol. The van der Waals surface area contributed by atoms with Gasteiger partial charge in [0, 0.05) is 17.9 Å². The van der Waals surface area contributed by atoms with E-state index < -0.39 is 15.8 Å². The van der Waals surface area contributed by atoms with Gasteiger partial charge in [-0.05, 0) is 18.6 Å². The van der Waals surface area contributed by atoms with E-state index in [9.17, 15) is 22.8 Å². The van der Waals surface area contributed by atoms with Crippen LogP contribution in [0.2, 0.25) is 0 Å². The molecular formula is C17H17NO6S. The van der Waals surface area contributed by atoms with Crippen LogP contribution in [0.1, 0.15) is 33.6 Å². The van der Waals surface area contributed by atoms with Gasteiger partial charge >= 0.3 is 5.97 Å². The summed E-state index contributed by atoms with van der Waals surface area (Å²) in [4.78, 5) is 37.2. The van der Waals surface area contributed by atoms with Gasteiger partial charge in [-0.3, -0.25) is 19.3 Å². The fourth-order valence-electron chi connectivity index (χ4n) is 2.89. The van der Waals surface area contributed by atoms with Crippen LogP contribution in [-0.2, 0) is 19.4 Å². The third-order valence-corrected chi connectivity index (χ3v) is 5.57. The van der Waals surface area contributed by atoms with Crippen LogP contribution < -0.4 is 0 Å². The summed E-state index contributed by atoms with van der Waals surface area (Å²) in [7, 11) is -3.19. The molecule has 1 atom stereocenters. The van der Waals surface area contributed by atoms with E-state index in [0.717, 1.165) is 10.3 Å². The van der Waals surface area contributed by atoms with Crippen molar-refractivity contribution in [3.63, 3.8) is 0 Å². The maximum Gasteiger partial charge on any atom is 0.306 e. The molecule has 2 aliphatic rings. The molecule has 0 N–H and O–H groups in total. The molecule has 0 saturated heterocycles. The van der Waals surface area contributed by atoms with E-state index in [2.05, 4.69) is 0 Å². The number of esters is 1. The molecule has 1 aromatic rings. The molecule has 1 unspecified atom stereocenters. The Balaban J connectivity index is 1.42. The summed E-state index contributed by atoms with van der Waals surface area (Å²) < 4.78 is 27.6. The van der Waals surface area contributed by atoms with Gasteiger partial charge in [0.2, 0.25) is 0 Å². The topological polar surface area (TPSA) is 97.8 Å². The molecule has 2 amide bonds. The number of carbonyl (C=O) groups is 3. The van der Waals surface area contributed by atoms with Gasteiger partial charge in [0.05, 0.1) is 29.9 Å². The highest BCUT2D eigenvalue weighted by molar-refractivity contribution is 7.94. The van der Waals surface area contributed by atoms with Gasteiger partial charge in [-0.25, -0.2) is 8.42 Å². The van der Waals surface area contributed by atoms with Gasteiger partial charge in [-0.2, -0.15) is 0 Å². The quantitative estimate of drug-likeness (QED) is 0.427. The van der Waals surface area contributed by atoms with Crippen molar-refractivity contribution in [3.8, 4) is 0 Å². The minimum atomic E-state index is -3.19. The fourth-order valence-corrected chi connectivity index (χ4v) is 4.29. The monoisotopic (exact) mass is 363 g/mol. The second-order valence-electron chi connectivity index (χ2n) is 6.00. The van der Waals surface area contributed by atoms with Crippen LogP contribution >= 0.6 is 0 Å². The van der Waals surface area contributed by atoms with E-state index in [0.29, 0.717) is 17.5 Å². The lowest BCUT2D eigenvalue weighted by molar-refractivity contribution is -0.144. The Bertz CT molecular complexity index is 823. The number of sulfone groups is 1. The van der Waals surface area contributed by atoms with Crippen LogP contribution in [0, 0.1) is 5.92 Å². The third-order valence-electron chi connectivity index (χ3n) is 4.10. The molecule has 3 rings (SSSR count). The van der Waals surface area contributed by atoms with Gasteiger partial charge in [0.25, 0.3) is 11.8 Å². The van der Waals surface area contributed by atoms with Crippen LogP contribution in [0.25, 0.3) is 0 Å². The van der Waals surface area contributed by atoms with E-state index in [1.165, 1.54) is 6.08 Å². The zero-order chi connectivity index (χ0) is 18.0. The summed E-state index contributed by atoms with van der Waals surface area (Å²) in [5, 5.41) is 1.12. The zero-order valence-corrected chi connectivity index (χ0v) is 14.2. The molecule has 2 heterocycles. The molecule has 132 valence electrons. The molecule has 0 aromatic heterocycles. The second kappa shape index (κ2) is 6.79. The average molecular weight is 363 g/mol. The van der Waals surface area contributed by atoms with Crippen LogP contribution in [0.5, 0.6) is 0 Å². The number of fused-ring (bicyclic) bond motifs is 1.